The van der Waals surface area contributed by atoms with Crippen LogP contribution in [0.2, 0.25) is 0 Å². The number of hydrogen-bond donors (Lipinski definition) is 1. The molecule has 1 aliphatic rings. The van der Waals surface area contributed by atoms with E-state index in [-0.39, 0.29) is 23.1 Å². The van der Waals surface area contributed by atoms with Gasteiger partial charge in [-0.25, -0.2) is 9.18 Å². The third-order valence-corrected chi connectivity index (χ3v) is 3.31. The molecule has 1 heterocycles. The summed E-state index contributed by atoms with van der Waals surface area (Å²) in [5.74, 6) is -0.663. The zero-order chi connectivity index (χ0) is 17.2. The van der Waals surface area contributed by atoms with Crippen LogP contribution >= 0.6 is 0 Å². The Morgan fingerprint density at radius 1 is 1.48 bits per heavy atom. The summed E-state index contributed by atoms with van der Waals surface area (Å²) in [5, 5.41) is 8.94. The Kier molecular flexibility index (Phi) is 4.64. The van der Waals surface area contributed by atoms with Gasteiger partial charge >= 0.3 is 6.09 Å². The highest BCUT2D eigenvalue weighted by molar-refractivity contribution is 5.68. The number of carbonyl (C=O) groups is 1. The molecule has 0 bridgehead atoms. The van der Waals surface area contributed by atoms with Gasteiger partial charge in [-0.05, 0) is 20.8 Å². The van der Waals surface area contributed by atoms with Crippen molar-refractivity contribution >= 4 is 11.8 Å². The number of rotatable bonds is 2. The molecule has 0 aromatic heterocycles. The van der Waals surface area contributed by atoms with Gasteiger partial charge in [0.1, 0.15) is 17.8 Å². The van der Waals surface area contributed by atoms with Gasteiger partial charge in [-0.3, -0.25) is 0 Å². The van der Waals surface area contributed by atoms with Crippen molar-refractivity contribution in [3.05, 3.63) is 23.5 Å². The summed E-state index contributed by atoms with van der Waals surface area (Å²) in [6.45, 7) is 6.16. The SMILES string of the molecule is CC(C)(C)OC(=O)N1CC[C@H](Oc2cc(C#N)c(N)cc2F)C1. The quantitative estimate of drug-likeness (QED) is 0.846. The van der Waals surface area contributed by atoms with E-state index < -0.39 is 17.5 Å². The number of likely N-dealkylation sites (tertiary alicyclic amines) is 1. The fourth-order valence-corrected chi connectivity index (χ4v) is 2.25. The highest BCUT2D eigenvalue weighted by atomic mass is 19.1. The molecule has 2 rings (SSSR count). The van der Waals surface area contributed by atoms with E-state index in [9.17, 15) is 9.18 Å². The van der Waals surface area contributed by atoms with Crippen molar-refractivity contribution in [1.82, 2.24) is 4.90 Å². The van der Waals surface area contributed by atoms with E-state index in [1.165, 1.54) is 11.0 Å². The van der Waals surface area contributed by atoms with Gasteiger partial charge in [-0.15, -0.1) is 0 Å². The van der Waals surface area contributed by atoms with Crippen LogP contribution in [0.25, 0.3) is 0 Å². The predicted molar refractivity (Wildman–Crippen MR) is 82.4 cm³/mol. The zero-order valence-electron chi connectivity index (χ0n) is 13.4. The summed E-state index contributed by atoms with van der Waals surface area (Å²) >= 11 is 0. The van der Waals surface area contributed by atoms with E-state index in [0.29, 0.717) is 19.5 Å². The number of nitrogens with two attached hydrogens (primary N) is 1. The van der Waals surface area contributed by atoms with Crippen LogP contribution < -0.4 is 10.5 Å². The van der Waals surface area contributed by atoms with E-state index in [4.69, 9.17) is 20.5 Å². The monoisotopic (exact) mass is 321 g/mol. The molecule has 7 heteroatoms. The maximum absolute atomic E-state index is 13.9. The maximum Gasteiger partial charge on any atom is 0.410 e. The van der Waals surface area contributed by atoms with Crippen molar-refractivity contribution in [2.75, 3.05) is 18.8 Å². The second-order valence-electron chi connectivity index (χ2n) is 6.44. The first kappa shape index (κ1) is 16.9. The lowest BCUT2D eigenvalue weighted by Crippen LogP contribution is -2.36. The van der Waals surface area contributed by atoms with Crippen molar-refractivity contribution in [1.29, 1.82) is 5.26 Å². The van der Waals surface area contributed by atoms with Gasteiger partial charge in [0, 0.05) is 25.1 Å². The van der Waals surface area contributed by atoms with Crippen molar-refractivity contribution in [3.63, 3.8) is 0 Å². The average Bonchev–Trinajstić information content (AvgIpc) is 2.88. The number of nitriles is 1. The van der Waals surface area contributed by atoms with Gasteiger partial charge in [0.2, 0.25) is 0 Å². The number of halogens is 1. The van der Waals surface area contributed by atoms with Gasteiger partial charge in [-0.1, -0.05) is 0 Å². The molecule has 23 heavy (non-hydrogen) atoms. The first-order valence-corrected chi connectivity index (χ1v) is 7.33. The molecule has 1 amide bonds. The van der Waals surface area contributed by atoms with E-state index in [1.807, 2.05) is 6.07 Å². The first-order chi connectivity index (χ1) is 10.7. The van der Waals surface area contributed by atoms with E-state index in [2.05, 4.69) is 0 Å². The number of ether oxygens (including phenoxy) is 2. The fraction of sp³-hybridized carbons (Fsp3) is 0.500. The summed E-state index contributed by atoms with van der Waals surface area (Å²) < 4.78 is 24.8. The molecule has 1 aliphatic heterocycles. The predicted octanol–water partition coefficient (Wildman–Crippen LogP) is 2.67. The van der Waals surface area contributed by atoms with Crippen LogP contribution in [0.3, 0.4) is 0 Å². The standard InChI is InChI=1S/C16H20FN3O3/c1-16(2,3)23-15(21)20-5-4-11(9-20)22-14-6-10(8-18)13(19)7-12(14)17/h6-7,11H,4-5,9,19H2,1-3H3/t11-/m0/s1. The molecule has 0 saturated carbocycles. The maximum atomic E-state index is 13.9. The number of anilines is 1. The Morgan fingerprint density at radius 2 is 2.17 bits per heavy atom. The van der Waals surface area contributed by atoms with Gasteiger partial charge in [-0.2, -0.15) is 5.26 Å². The average molecular weight is 321 g/mol. The molecule has 0 unspecified atom stereocenters. The van der Waals surface area contributed by atoms with E-state index >= 15 is 0 Å². The van der Waals surface area contributed by atoms with Gasteiger partial charge in [0.25, 0.3) is 0 Å². The lowest BCUT2D eigenvalue weighted by atomic mass is 10.2. The third kappa shape index (κ3) is 4.25. The van der Waals surface area contributed by atoms with Crippen LogP contribution in [0.1, 0.15) is 32.8 Å². The molecule has 0 spiro atoms. The highest BCUT2D eigenvalue weighted by Crippen LogP contribution is 2.27. The topological polar surface area (TPSA) is 88.6 Å². The van der Waals surface area contributed by atoms with Crippen LogP contribution in [-0.2, 0) is 4.74 Å². The Labute approximate surface area is 134 Å². The molecule has 0 radical (unpaired) electrons. The summed E-state index contributed by atoms with van der Waals surface area (Å²) in [5.41, 5.74) is 5.20. The van der Waals surface area contributed by atoms with Crippen LogP contribution in [0.5, 0.6) is 5.75 Å². The summed E-state index contributed by atoms with van der Waals surface area (Å²) in [4.78, 5) is 13.5. The largest absolute Gasteiger partial charge is 0.485 e. The first-order valence-electron chi connectivity index (χ1n) is 7.33. The van der Waals surface area contributed by atoms with Gasteiger partial charge in [0.05, 0.1) is 17.8 Å². The summed E-state index contributed by atoms with van der Waals surface area (Å²) in [6.07, 6.45) is -0.212. The molecular weight excluding hydrogens is 301 g/mol. The Bertz CT molecular complexity index is 649. The minimum atomic E-state index is -0.628. The Hall–Kier alpha value is -2.49. The van der Waals surface area contributed by atoms with Crippen molar-refractivity contribution in [2.24, 2.45) is 0 Å². The van der Waals surface area contributed by atoms with Gasteiger partial charge < -0.3 is 20.1 Å². The molecule has 1 saturated heterocycles. The molecular formula is C16H20FN3O3. The molecule has 1 fully saturated rings. The Balaban J connectivity index is 2.01. The van der Waals surface area contributed by atoms with Crippen LogP contribution in [0.4, 0.5) is 14.9 Å². The van der Waals surface area contributed by atoms with Crippen molar-refractivity contribution in [2.45, 2.75) is 38.9 Å². The highest BCUT2D eigenvalue weighted by Gasteiger charge is 2.31. The molecule has 6 nitrogen and oxygen atoms in total. The summed E-state index contributed by atoms with van der Waals surface area (Å²) in [7, 11) is 0. The number of nitrogens with zero attached hydrogens (tertiary/aromatic N) is 2. The molecule has 1 aromatic rings. The minimum Gasteiger partial charge on any atom is -0.485 e. The molecule has 1 aromatic carbocycles. The normalized spacial score (nSPS) is 17.7. The third-order valence-electron chi connectivity index (χ3n) is 3.31. The van der Waals surface area contributed by atoms with Crippen molar-refractivity contribution in [3.8, 4) is 11.8 Å². The van der Waals surface area contributed by atoms with Crippen LogP contribution in [-0.4, -0.2) is 35.8 Å². The smallest absolute Gasteiger partial charge is 0.410 e. The Morgan fingerprint density at radius 3 is 2.78 bits per heavy atom. The van der Waals surface area contributed by atoms with Crippen LogP contribution in [0, 0.1) is 17.1 Å². The number of hydrogen-bond acceptors (Lipinski definition) is 5. The molecule has 2 N–H and O–H groups in total. The second kappa shape index (κ2) is 6.32. The fourth-order valence-electron chi connectivity index (χ4n) is 2.25. The number of nitrogen functional groups attached to an aromatic ring is 1. The summed E-state index contributed by atoms with van der Waals surface area (Å²) in [6, 6.07) is 4.23. The molecule has 1 atom stereocenters. The minimum absolute atomic E-state index is 0.0354. The number of carbonyl (C=O) groups excluding carboxylic acids is 1. The van der Waals surface area contributed by atoms with E-state index in [0.717, 1.165) is 6.07 Å². The van der Waals surface area contributed by atoms with Crippen molar-refractivity contribution < 1.29 is 18.7 Å². The molecule has 124 valence electrons. The second-order valence-corrected chi connectivity index (χ2v) is 6.44. The molecule has 0 aliphatic carbocycles. The van der Waals surface area contributed by atoms with E-state index in [1.54, 1.807) is 20.8 Å². The lowest BCUT2D eigenvalue weighted by Gasteiger charge is -2.24. The lowest BCUT2D eigenvalue weighted by molar-refractivity contribution is 0.0275. The van der Waals surface area contributed by atoms with Crippen LogP contribution in [0.15, 0.2) is 12.1 Å². The van der Waals surface area contributed by atoms with Gasteiger partial charge in [0.15, 0.2) is 11.6 Å². The zero-order valence-corrected chi connectivity index (χ0v) is 13.4. The number of benzene rings is 1. The number of amides is 1.